The molecule has 0 saturated heterocycles. The van der Waals surface area contributed by atoms with Crippen molar-refractivity contribution in [2.75, 3.05) is 0 Å². The summed E-state index contributed by atoms with van der Waals surface area (Å²) < 4.78 is 1.30. The predicted molar refractivity (Wildman–Crippen MR) is 104 cm³/mol. The maximum atomic E-state index is 2.42. The molecular weight excluding hydrogens is 379 g/mol. The van der Waals surface area contributed by atoms with E-state index in [-0.39, 0.29) is 0 Å². The number of rotatable bonds is 1. The van der Waals surface area contributed by atoms with Gasteiger partial charge in [-0.25, -0.2) is 0 Å². The Labute approximate surface area is 143 Å². The van der Waals surface area contributed by atoms with Gasteiger partial charge < -0.3 is 0 Å². The molecule has 0 amide bonds. The molecule has 0 unspecified atom stereocenters. The minimum atomic E-state index is 1.29. The van der Waals surface area contributed by atoms with Crippen LogP contribution < -0.4 is 0 Å². The second-order valence-electron chi connectivity index (χ2n) is 5.64. The van der Waals surface area contributed by atoms with Crippen molar-refractivity contribution in [3.63, 3.8) is 0 Å². The summed E-state index contributed by atoms with van der Waals surface area (Å²) in [6.07, 6.45) is 0. The van der Waals surface area contributed by atoms with Crippen LogP contribution in [-0.2, 0) is 0 Å². The van der Waals surface area contributed by atoms with Gasteiger partial charge in [0.25, 0.3) is 0 Å². The first-order valence-electron chi connectivity index (χ1n) is 7.41. The Hall–Kier alpha value is -1.87. The summed E-state index contributed by atoms with van der Waals surface area (Å²) in [5, 5.41) is 5.27. The molecule has 0 bridgehead atoms. The lowest BCUT2D eigenvalue weighted by Gasteiger charge is -2.11. The van der Waals surface area contributed by atoms with Gasteiger partial charge in [0.05, 0.1) is 0 Å². The van der Waals surface area contributed by atoms with E-state index in [0.29, 0.717) is 0 Å². The first-order chi connectivity index (χ1) is 10.7. The van der Waals surface area contributed by atoms with Crippen molar-refractivity contribution in [3.05, 3.63) is 81.9 Å². The van der Waals surface area contributed by atoms with Gasteiger partial charge in [0.15, 0.2) is 0 Å². The molecule has 0 aliphatic heterocycles. The molecule has 1 heteroatoms. The van der Waals surface area contributed by atoms with Gasteiger partial charge in [-0.05, 0) is 79.9 Å². The molecule has 22 heavy (non-hydrogen) atoms. The van der Waals surface area contributed by atoms with Crippen LogP contribution in [0.1, 0.15) is 5.56 Å². The first-order valence-corrected chi connectivity index (χ1v) is 8.49. The fourth-order valence-corrected chi connectivity index (χ4v) is 3.82. The number of benzene rings is 4. The highest BCUT2D eigenvalue weighted by Gasteiger charge is 2.07. The topological polar surface area (TPSA) is 0 Å². The van der Waals surface area contributed by atoms with Crippen molar-refractivity contribution < 1.29 is 0 Å². The highest BCUT2D eigenvalue weighted by atomic mass is 127. The second kappa shape index (κ2) is 5.40. The van der Waals surface area contributed by atoms with E-state index in [2.05, 4.69) is 102 Å². The van der Waals surface area contributed by atoms with Gasteiger partial charge in [-0.1, -0.05) is 60.7 Å². The smallest absolute Gasteiger partial charge is 0.0209 e. The van der Waals surface area contributed by atoms with Gasteiger partial charge in [0.2, 0.25) is 0 Å². The minimum absolute atomic E-state index is 1.29. The first kappa shape index (κ1) is 13.8. The van der Waals surface area contributed by atoms with Crippen molar-refractivity contribution >= 4 is 44.1 Å². The van der Waals surface area contributed by atoms with Gasteiger partial charge >= 0.3 is 0 Å². The Morgan fingerprint density at radius 2 is 1.41 bits per heavy atom. The van der Waals surface area contributed by atoms with Crippen LogP contribution in [0.3, 0.4) is 0 Å². The molecule has 0 saturated carbocycles. The Bertz CT molecular complexity index is 999. The summed E-state index contributed by atoms with van der Waals surface area (Å²) in [6.45, 7) is 2.22. The largest absolute Gasteiger partial charge is 0.0616 e. The van der Waals surface area contributed by atoms with Crippen LogP contribution in [0.15, 0.2) is 72.8 Å². The lowest BCUT2D eigenvalue weighted by atomic mass is 9.94. The Morgan fingerprint density at radius 1 is 0.682 bits per heavy atom. The predicted octanol–water partition coefficient (Wildman–Crippen LogP) is 6.57. The number of aryl methyl sites for hydroxylation is 1. The average molecular weight is 394 g/mol. The van der Waals surface area contributed by atoms with Crippen molar-refractivity contribution in [3.8, 4) is 11.1 Å². The third-order valence-electron chi connectivity index (χ3n) is 4.34. The zero-order valence-electron chi connectivity index (χ0n) is 12.3. The molecule has 4 aromatic carbocycles. The van der Waals surface area contributed by atoms with Crippen LogP contribution >= 0.6 is 22.6 Å². The quantitative estimate of drug-likeness (QED) is 0.320. The summed E-state index contributed by atoms with van der Waals surface area (Å²) in [5.74, 6) is 0. The zero-order chi connectivity index (χ0) is 15.1. The molecule has 0 fully saturated rings. The van der Waals surface area contributed by atoms with E-state index in [1.807, 2.05) is 0 Å². The number of hydrogen-bond acceptors (Lipinski definition) is 0. The lowest BCUT2D eigenvalue weighted by molar-refractivity contribution is 1.51. The van der Waals surface area contributed by atoms with Crippen molar-refractivity contribution in [2.24, 2.45) is 0 Å². The van der Waals surface area contributed by atoms with Crippen molar-refractivity contribution in [1.29, 1.82) is 0 Å². The van der Waals surface area contributed by atoms with E-state index in [1.54, 1.807) is 0 Å². The highest BCUT2D eigenvalue weighted by Crippen LogP contribution is 2.32. The Morgan fingerprint density at radius 3 is 2.32 bits per heavy atom. The third kappa shape index (κ3) is 2.20. The van der Waals surface area contributed by atoms with Gasteiger partial charge in [0, 0.05) is 3.57 Å². The standard InChI is InChI=1S/C21H15I/c1-14-18-7-3-2-5-15(18)11-12-19(14)17-10-9-16-6-4-8-21(22)20(16)13-17/h2-13H,1H3. The van der Waals surface area contributed by atoms with E-state index in [1.165, 1.54) is 41.8 Å². The molecule has 4 rings (SSSR count). The van der Waals surface area contributed by atoms with Crippen LogP contribution in [0, 0.1) is 10.5 Å². The van der Waals surface area contributed by atoms with E-state index in [0.717, 1.165) is 0 Å². The Balaban J connectivity index is 1.99. The molecule has 0 aromatic heterocycles. The maximum Gasteiger partial charge on any atom is 0.0209 e. The summed E-state index contributed by atoms with van der Waals surface area (Å²) in [5.41, 5.74) is 3.96. The average Bonchev–Trinajstić information content (AvgIpc) is 2.56. The number of hydrogen-bond donors (Lipinski definition) is 0. The summed E-state index contributed by atoms with van der Waals surface area (Å²) >= 11 is 2.42. The van der Waals surface area contributed by atoms with Crippen LogP contribution in [-0.4, -0.2) is 0 Å². The SMILES string of the molecule is Cc1c(-c2ccc3cccc(I)c3c2)ccc2ccccc12. The molecule has 0 radical (unpaired) electrons. The van der Waals surface area contributed by atoms with Gasteiger partial charge in [-0.3, -0.25) is 0 Å². The maximum absolute atomic E-state index is 2.42. The molecule has 106 valence electrons. The summed E-state index contributed by atoms with van der Waals surface area (Å²) in [4.78, 5) is 0. The van der Waals surface area contributed by atoms with Gasteiger partial charge in [-0.2, -0.15) is 0 Å². The van der Waals surface area contributed by atoms with Crippen molar-refractivity contribution in [2.45, 2.75) is 6.92 Å². The van der Waals surface area contributed by atoms with E-state index in [9.17, 15) is 0 Å². The normalized spacial score (nSPS) is 11.2. The Kier molecular flexibility index (Phi) is 3.38. The number of fused-ring (bicyclic) bond motifs is 2. The van der Waals surface area contributed by atoms with Crippen LogP contribution in [0.25, 0.3) is 32.7 Å². The number of halogens is 1. The van der Waals surface area contributed by atoms with Gasteiger partial charge in [-0.15, -0.1) is 0 Å². The van der Waals surface area contributed by atoms with E-state index in [4.69, 9.17) is 0 Å². The fourth-order valence-electron chi connectivity index (χ4n) is 3.14. The van der Waals surface area contributed by atoms with Crippen LogP contribution in [0.5, 0.6) is 0 Å². The molecule has 0 nitrogen and oxygen atoms in total. The monoisotopic (exact) mass is 394 g/mol. The lowest BCUT2D eigenvalue weighted by Crippen LogP contribution is -1.87. The van der Waals surface area contributed by atoms with Crippen molar-refractivity contribution in [1.82, 2.24) is 0 Å². The molecular formula is C21H15I. The third-order valence-corrected chi connectivity index (χ3v) is 5.28. The molecule has 0 aliphatic rings. The molecule has 0 aliphatic carbocycles. The molecule has 0 N–H and O–H groups in total. The highest BCUT2D eigenvalue weighted by molar-refractivity contribution is 14.1. The zero-order valence-corrected chi connectivity index (χ0v) is 14.5. The van der Waals surface area contributed by atoms with Crippen LogP contribution in [0.4, 0.5) is 0 Å². The van der Waals surface area contributed by atoms with Gasteiger partial charge in [0.1, 0.15) is 0 Å². The second-order valence-corrected chi connectivity index (χ2v) is 6.80. The van der Waals surface area contributed by atoms with E-state index >= 15 is 0 Å². The molecule has 0 spiro atoms. The van der Waals surface area contributed by atoms with E-state index < -0.39 is 0 Å². The molecule has 0 heterocycles. The fraction of sp³-hybridized carbons (Fsp3) is 0.0476. The molecule has 0 atom stereocenters. The molecule has 4 aromatic rings. The summed E-state index contributed by atoms with van der Waals surface area (Å²) in [7, 11) is 0. The summed E-state index contributed by atoms with van der Waals surface area (Å²) in [6, 6.07) is 26.3. The van der Waals surface area contributed by atoms with Crippen LogP contribution in [0.2, 0.25) is 0 Å². The minimum Gasteiger partial charge on any atom is -0.0616 e.